The largest absolute Gasteiger partial charge is 0.435 e. The Labute approximate surface area is 111 Å². The van der Waals surface area contributed by atoms with Crippen LogP contribution in [-0.2, 0) is 5.67 Å². The minimum Gasteiger partial charge on any atom is -0.218 e. The van der Waals surface area contributed by atoms with Crippen LogP contribution in [0.3, 0.4) is 0 Å². The van der Waals surface area contributed by atoms with E-state index in [9.17, 15) is 30.7 Å². The topological polar surface area (TPSA) is 0 Å². The summed E-state index contributed by atoms with van der Waals surface area (Å²) in [6, 6.07) is 2.43. The third kappa shape index (κ3) is 2.57. The highest BCUT2D eigenvalue weighted by Gasteiger charge is 2.73. The summed E-state index contributed by atoms with van der Waals surface area (Å²) in [4.78, 5) is 0. The van der Waals surface area contributed by atoms with Crippen molar-refractivity contribution >= 4 is 22.6 Å². The van der Waals surface area contributed by atoms with E-state index in [0.29, 0.717) is 12.1 Å². The van der Waals surface area contributed by atoms with Crippen molar-refractivity contribution in [2.24, 2.45) is 0 Å². The van der Waals surface area contributed by atoms with Gasteiger partial charge >= 0.3 is 18.0 Å². The molecule has 8 heteroatoms. The molecule has 0 radical (unpaired) electrons. The van der Waals surface area contributed by atoms with Crippen LogP contribution in [0.25, 0.3) is 0 Å². The summed E-state index contributed by atoms with van der Waals surface area (Å²) in [6.45, 7) is 1.29. The highest BCUT2D eigenvalue weighted by atomic mass is 127. The number of aryl methyl sites for hydroxylation is 1. The molecular weight excluding hydrogens is 380 g/mol. The summed E-state index contributed by atoms with van der Waals surface area (Å²) < 4.78 is 88.5. The molecule has 0 unspecified atom stereocenters. The first kappa shape index (κ1) is 15.5. The highest BCUT2D eigenvalue weighted by Crippen LogP contribution is 2.53. The number of hydrogen-bond acceptors (Lipinski definition) is 0. The lowest BCUT2D eigenvalue weighted by Gasteiger charge is -2.30. The second-order valence-electron chi connectivity index (χ2n) is 3.67. The van der Waals surface area contributed by atoms with Gasteiger partial charge < -0.3 is 0 Å². The van der Waals surface area contributed by atoms with Crippen LogP contribution in [0.15, 0.2) is 18.2 Å². The molecule has 0 aromatic heterocycles. The molecule has 0 atom stereocenters. The average Bonchev–Trinajstić information content (AvgIpc) is 2.11. The van der Waals surface area contributed by atoms with E-state index in [-0.39, 0.29) is 9.13 Å². The maximum atomic E-state index is 13.6. The molecule has 0 saturated carbocycles. The Morgan fingerprint density at radius 2 is 1.28 bits per heavy atom. The Balaban J connectivity index is 3.55. The summed E-state index contributed by atoms with van der Waals surface area (Å²) in [5, 5.41) is 0. The van der Waals surface area contributed by atoms with Crippen molar-refractivity contribution in [1.82, 2.24) is 0 Å². The predicted molar refractivity (Wildman–Crippen MR) is 58.8 cm³/mol. The molecule has 18 heavy (non-hydrogen) atoms. The third-order valence-corrected chi connectivity index (χ3v) is 2.84. The van der Waals surface area contributed by atoms with Crippen molar-refractivity contribution in [2.45, 2.75) is 24.9 Å². The van der Waals surface area contributed by atoms with Gasteiger partial charge in [0.05, 0.1) is 0 Å². The zero-order chi connectivity index (χ0) is 14.4. The van der Waals surface area contributed by atoms with Crippen LogP contribution in [0, 0.1) is 10.5 Å². The predicted octanol–water partition coefficient (Wildman–Crippen LogP) is 4.89. The quantitative estimate of drug-likeness (QED) is 0.477. The number of benzene rings is 1. The molecule has 0 spiro atoms. The van der Waals surface area contributed by atoms with Gasteiger partial charge in [-0.3, -0.25) is 0 Å². The zero-order valence-electron chi connectivity index (χ0n) is 8.76. The van der Waals surface area contributed by atoms with Crippen molar-refractivity contribution in [3.63, 3.8) is 0 Å². The van der Waals surface area contributed by atoms with Crippen LogP contribution in [0.1, 0.15) is 11.1 Å². The van der Waals surface area contributed by atoms with Crippen LogP contribution in [-0.4, -0.2) is 12.4 Å². The second kappa shape index (κ2) is 4.53. The van der Waals surface area contributed by atoms with Crippen molar-refractivity contribution in [3.05, 3.63) is 32.9 Å². The van der Waals surface area contributed by atoms with Crippen molar-refractivity contribution in [2.75, 3.05) is 0 Å². The molecule has 0 nitrogen and oxygen atoms in total. The maximum absolute atomic E-state index is 13.6. The summed E-state index contributed by atoms with van der Waals surface area (Å²) in [7, 11) is 0. The lowest BCUT2D eigenvalue weighted by Crippen LogP contribution is -2.50. The maximum Gasteiger partial charge on any atom is 0.435 e. The number of alkyl halides is 7. The van der Waals surface area contributed by atoms with Gasteiger partial charge in [-0.25, -0.2) is 4.39 Å². The van der Waals surface area contributed by atoms with Gasteiger partial charge in [0.15, 0.2) is 0 Å². The monoisotopic (exact) mass is 386 g/mol. The molecule has 0 aliphatic rings. The van der Waals surface area contributed by atoms with Gasteiger partial charge in [0.1, 0.15) is 0 Å². The third-order valence-electron chi connectivity index (χ3n) is 2.22. The zero-order valence-corrected chi connectivity index (χ0v) is 10.9. The fraction of sp³-hybridized carbons (Fsp3) is 0.400. The molecule has 0 aliphatic carbocycles. The van der Waals surface area contributed by atoms with Crippen molar-refractivity contribution in [1.29, 1.82) is 0 Å². The first-order valence-electron chi connectivity index (χ1n) is 4.49. The summed E-state index contributed by atoms with van der Waals surface area (Å²) >= 11 is 1.53. The summed E-state index contributed by atoms with van der Waals surface area (Å²) in [6.07, 6.45) is -12.1. The molecule has 0 bridgehead atoms. The molecule has 0 heterocycles. The number of hydrogen-bond donors (Lipinski definition) is 0. The minimum absolute atomic E-state index is 0.0955. The fourth-order valence-electron chi connectivity index (χ4n) is 1.42. The molecule has 0 N–H and O–H groups in total. The van der Waals surface area contributed by atoms with Crippen LogP contribution >= 0.6 is 22.6 Å². The van der Waals surface area contributed by atoms with Crippen LogP contribution in [0.4, 0.5) is 30.7 Å². The molecule has 102 valence electrons. The standard InChI is InChI=1S/C10H6F7I/c1-5-2-6(4-7(18)3-5)8(11,9(12,13)14)10(15,16)17/h2-4H,1H3. The molecular formula is C10H6F7I. The van der Waals surface area contributed by atoms with Gasteiger partial charge in [0.25, 0.3) is 0 Å². The van der Waals surface area contributed by atoms with Crippen molar-refractivity contribution in [3.8, 4) is 0 Å². The number of halogens is 8. The van der Waals surface area contributed by atoms with E-state index < -0.39 is 23.6 Å². The van der Waals surface area contributed by atoms with Crippen LogP contribution in [0.2, 0.25) is 0 Å². The molecule has 0 aliphatic heterocycles. The van der Waals surface area contributed by atoms with Crippen LogP contribution < -0.4 is 0 Å². The first-order valence-corrected chi connectivity index (χ1v) is 5.57. The van der Waals surface area contributed by atoms with Gasteiger partial charge in [-0.15, -0.1) is 0 Å². The van der Waals surface area contributed by atoms with Crippen molar-refractivity contribution < 1.29 is 30.7 Å². The Hall–Kier alpha value is -0.540. The summed E-state index contributed by atoms with van der Waals surface area (Å²) in [5.41, 5.74) is -6.69. The van der Waals surface area contributed by atoms with E-state index in [0.717, 1.165) is 0 Å². The average molecular weight is 386 g/mol. The van der Waals surface area contributed by atoms with E-state index in [1.54, 1.807) is 0 Å². The smallest absolute Gasteiger partial charge is 0.218 e. The van der Waals surface area contributed by atoms with Crippen LogP contribution in [0.5, 0.6) is 0 Å². The van der Waals surface area contributed by atoms with E-state index >= 15 is 0 Å². The SMILES string of the molecule is Cc1cc(I)cc(C(F)(C(F)(F)F)C(F)(F)F)c1. The Bertz CT molecular complexity index is 412. The molecule has 0 saturated heterocycles. The lowest BCUT2D eigenvalue weighted by molar-refractivity contribution is -0.348. The molecule has 0 amide bonds. The second-order valence-corrected chi connectivity index (χ2v) is 4.92. The fourth-order valence-corrected chi connectivity index (χ4v) is 2.25. The van der Waals surface area contributed by atoms with Gasteiger partial charge in [-0.05, 0) is 47.2 Å². The molecule has 0 fully saturated rings. The van der Waals surface area contributed by atoms with E-state index in [1.807, 2.05) is 0 Å². The molecule has 1 aromatic carbocycles. The Morgan fingerprint density at radius 3 is 1.61 bits per heavy atom. The van der Waals surface area contributed by atoms with Gasteiger partial charge in [0.2, 0.25) is 0 Å². The molecule has 1 rings (SSSR count). The highest BCUT2D eigenvalue weighted by molar-refractivity contribution is 14.1. The normalized spacial score (nSPS) is 13.8. The summed E-state index contributed by atoms with van der Waals surface area (Å²) in [5.74, 6) is 0. The van der Waals surface area contributed by atoms with E-state index in [4.69, 9.17) is 0 Å². The van der Waals surface area contributed by atoms with E-state index in [2.05, 4.69) is 0 Å². The number of rotatable bonds is 1. The minimum atomic E-state index is -6.07. The van der Waals surface area contributed by atoms with E-state index in [1.165, 1.54) is 35.6 Å². The lowest BCUT2D eigenvalue weighted by atomic mass is 9.93. The van der Waals surface area contributed by atoms with Gasteiger partial charge in [-0.1, -0.05) is 6.07 Å². The van der Waals surface area contributed by atoms with Gasteiger partial charge in [0, 0.05) is 9.13 Å². The first-order chi connectivity index (χ1) is 7.89. The van der Waals surface area contributed by atoms with Gasteiger partial charge in [-0.2, -0.15) is 26.3 Å². The molecule has 1 aromatic rings. The Kier molecular flexibility index (Phi) is 3.91. The Morgan fingerprint density at radius 1 is 0.833 bits per heavy atom.